The molecule has 0 spiro atoms. The molecule has 1 aromatic carbocycles. The van der Waals surface area contributed by atoms with Crippen molar-refractivity contribution in [3.05, 3.63) is 42.2 Å². The first-order valence-corrected chi connectivity index (χ1v) is 8.48. The van der Waals surface area contributed by atoms with Crippen molar-refractivity contribution in [2.45, 2.75) is 32.2 Å². The minimum Gasteiger partial charge on any atom is -0.353 e. The fraction of sp³-hybridized carbons (Fsp3) is 0.368. The first-order chi connectivity index (χ1) is 12.0. The number of nitrogens with zero attached hydrogens (tertiary/aromatic N) is 1. The molecule has 0 bridgehead atoms. The first kappa shape index (κ1) is 16.1. The lowest BCUT2D eigenvalue weighted by Gasteiger charge is -2.17. The summed E-state index contributed by atoms with van der Waals surface area (Å²) >= 11 is 0. The largest absolute Gasteiger partial charge is 0.353 e. The van der Waals surface area contributed by atoms with E-state index in [1.165, 1.54) is 0 Å². The van der Waals surface area contributed by atoms with Crippen LogP contribution in [0.1, 0.15) is 30.8 Å². The molecule has 0 saturated carbocycles. The maximum atomic E-state index is 12.4. The third-order valence-corrected chi connectivity index (χ3v) is 4.44. The van der Waals surface area contributed by atoms with E-state index in [1.807, 2.05) is 44.2 Å². The molecule has 1 aliphatic rings. The van der Waals surface area contributed by atoms with Crippen LogP contribution in [-0.2, 0) is 9.47 Å². The van der Waals surface area contributed by atoms with E-state index in [-0.39, 0.29) is 12.0 Å². The van der Waals surface area contributed by atoms with Gasteiger partial charge in [-0.25, -0.2) is 4.98 Å². The zero-order valence-corrected chi connectivity index (χ0v) is 14.3. The van der Waals surface area contributed by atoms with Crippen LogP contribution in [0, 0.1) is 0 Å². The lowest BCUT2D eigenvalue weighted by molar-refractivity contribution is -0.138. The molecule has 130 valence electrons. The van der Waals surface area contributed by atoms with Crippen LogP contribution >= 0.6 is 0 Å². The molecule has 1 fully saturated rings. The number of aromatic amines is 1. The molecule has 1 atom stereocenters. The Kier molecular flexibility index (Phi) is 3.94. The van der Waals surface area contributed by atoms with Gasteiger partial charge in [0.05, 0.1) is 24.4 Å². The van der Waals surface area contributed by atoms with Crippen molar-refractivity contribution in [1.29, 1.82) is 0 Å². The van der Waals surface area contributed by atoms with Crippen molar-refractivity contribution < 1.29 is 14.3 Å². The minimum absolute atomic E-state index is 0.0133. The highest BCUT2D eigenvalue weighted by Gasteiger charge is 2.32. The lowest BCUT2D eigenvalue weighted by atomic mass is 10.1. The van der Waals surface area contributed by atoms with Gasteiger partial charge in [-0.3, -0.25) is 4.79 Å². The zero-order valence-electron chi connectivity index (χ0n) is 14.3. The molecule has 1 aliphatic heterocycles. The molecule has 25 heavy (non-hydrogen) atoms. The van der Waals surface area contributed by atoms with E-state index in [4.69, 9.17) is 9.47 Å². The summed E-state index contributed by atoms with van der Waals surface area (Å²) in [5.74, 6) is -0.707. The fourth-order valence-corrected chi connectivity index (χ4v) is 3.22. The average molecular weight is 339 g/mol. The van der Waals surface area contributed by atoms with Gasteiger partial charge in [0.1, 0.15) is 5.69 Å². The summed E-state index contributed by atoms with van der Waals surface area (Å²) in [7, 11) is 0. The van der Waals surface area contributed by atoms with Gasteiger partial charge in [-0.1, -0.05) is 18.2 Å². The Labute approximate surface area is 145 Å². The SMILES string of the molecule is CC1(C)OCC(CCNC(=O)c2cc3c(cn2)[nH]c2ccccc23)O1. The molecule has 3 heterocycles. The van der Waals surface area contributed by atoms with Gasteiger partial charge in [0, 0.05) is 22.8 Å². The molecule has 2 N–H and O–H groups in total. The van der Waals surface area contributed by atoms with Crippen LogP contribution in [0.4, 0.5) is 0 Å². The van der Waals surface area contributed by atoms with Crippen LogP contribution in [-0.4, -0.2) is 40.9 Å². The molecule has 0 radical (unpaired) electrons. The topological polar surface area (TPSA) is 76.2 Å². The number of carbonyl (C=O) groups excluding carboxylic acids is 1. The Balaban J connectivity index is 1.44. The standard InChI is InChI=1S/C19H21N3O3/c1-19(2)24-11-12(25-19)7-8-20-18(23)16-9-14-13-5-3-4-6-15(13)22-17(14)10-21-16/h3-6,9-10,12,22H,7-8,11H2,1-2H3,(H,20,23). The predicted molar refractivity (Wildman–Crippen MR) is 95.5 cm³/mol. The summed E-state index contributed by atoms with van der Waals surface area (Å²) in [6.45, 7) is 4.87. The summed E-state index contributed by atoms with van der Waals surface area (Å²) < 4.78 is 11.3. The van der Waals surface area contributed by atoms with Crippen LogP contribution < -0.4 is 5.32 Å². The van der Waals surface area contributed by atoms with Gasteiger partial charge in [0.2, 0.25) is 0 Å². The van der Waals surface area contributed by atoms with Crippen molar-refractivity contribution in [2.24, 2.45) is 0 Å². The maximum absolute atomic E-state index is 12.4. The fourth-order valence-electron chi connectivity index (χ4n) is 3.22. The number of hydrogen-bond donors (Lipinski definition) is 2. The highest BCUT2D eigenvalue weighted by Crippen LogP contribution is 2.25. The first-order valence-electron chi connectivity index (χ1n) is 8.48. The second kappa shape index (κ2) is 6.13. The van der Waals surface area contributed by atoms with Crippen molar-refractivity contribution in [3.8, 4) is 0 Å². The van der Waals surface area contributed by atoms with Gasteiger partial charge >= 0.3 is 0 Å². The number of fused-ring (bicyclic) bond motifs is 3. The van der Waals surface area contributed by atoms with Crippen molar-refractivity contribution in [2.75, 3.05) is 13.2 Å². The molecule has 1 saturated heterocycles. The molecule has 4 rings (SSSR count). The van der Waals surface area contributed by atoms with Gasteiger partial charge in [0.15, 0.2) is 5.79 Å². The van der Waals surface area contributed by atoms with Crippen LogP contribution in [0.2, 0.25) is 0 Å². The number of nitrogens with one attached hydrogen (secondary N) is 2. The number of rotatable bonds is 4. The Hall–Kier alpha value is -2.44. The predicted octanol–water partition coefficient (Wildman–Crippen LogP) is 2.99. The van der Waals surface area contributed by atoms with Crippen molar-refractivity contribution in [1.82, 2.24) is 15.3 Å². The molecule has 6 nitrogen and oxygen atoms in total. The third kappa shape index (κ3) is 3.23. The number of benzene rings is 1. The van der Waals surface area contributed by atoms with Gasteiger partial charge in [-0.15, -0.1) is 0 Å². The van der Waals surface area contributed by atoms with E-state index in [2.05, 4.69) is 15.3 Å². The molecule has 1 unspecified atom stereocenters. The number of para-hydroxylation sites is 1. The van der Waals surface area contributed by atoms with E-state index < -0.39 is 5.79 Å². The monoisotopic (exact) mass is 339 g/mol. The summed E-state index contributed by atoms with van der Waals surface area (Å²) in [4.78, 5) is 20.0. The van der Waals surface area contributed by atoms with Crippen LogP contribution in [0.25, 0.3) is 21.8 Å². The summed E-state index contributed by atoms with van der Waals surface area (Å²) in [5.41, 5.74) is 2.38. The van der Waals surface area contributed by atoms with Gasteiger partial charge in [0.25, 0.3) is 5.91 Å². The molecular weight excluding hydrogens is 318 g/mol. The third-order valence-electron chi connectivity index (χ3n) is 4.44. The molecule has 3 aromatic rings. The van der Waals surface area contributed by atoms with Crippen LogP contribution in [0.15, 0.2) is 36.5 Å². The molecule has 1 amide bonds. The second-order valence-electron chi connectivity index (χ2n) is 6.78. The zero-order chi connectivity index (χ0) is 17.4. The second-order valence-corrected chi connectivity index (χ2v) is 6.78. The van der Waals surface area contributed by atoms with Gasteiger partial charge < -0.3 is 19.8 Å². The summed E-state index contributed by atoms with van der Waals surface area (Å²) in [6, 6.07) is 9.85. The number of amides is 1. The average Bonchev–Trinajstić information content (AvgIpc) is 3.13. The Morgan fingerprint density at radius 3 is 2.96 bits per heavy atom. The Morgan fingerprint density at radius 2 is 2.16 bits per heavy atom. The Morgan fingerprint density at radius 1 is 1.32 bits per heavy atom. The molecular formula is C19H21N3O3. The maximum Gasteiger partial charge on any atom is 0.269 e. The minimum atomic E-state index is -0.531. The quantitative estimate of drug-likeness (QED) is 0.766. The van der Waals surface area contributed by atoms with E-state index in [1.54, 1.807) is 6.20 Å². The normalized spacial score (nSPS) is 19.5. The number of H-pyrrole nitrogens is 1. The van der Waals surface area contributed by atoms with Crippen molar-refractivity contribution >= 4 is 27.7 Å². The smallest absolute Gasteiger partial charge is 0.269 e. The van der Waals surface area contributed by atoms with Crippen LogP contribution in [0.3, 0.4) is 0 Å². The van der Waals surface area contributed by atoms with Gasteiger partial charge in [-0.2, -0.15) is 0 Å². The molecule has 0 aliphatic carbocycles. The number of aromatic nitrogens is 2. The lowest BCUT2D eigenvalue weighted by Crippen LogP contribution is -2.29. The molecule has 2 aromatic heterocycles. The number of carbonyl (C=O) groups is 1. The highest BCUT2D eigenvalue weighted by atomic mass is 16.7. The Bertz CT molecular complexity index is 932. The molecule has 6 heteroatoms. The van der Waals surface area contributed by atoms with Crippen molar-refractivity contribution in [3.63, 3.8) is 0 Å². The number of ether oxygens (including phenoxy) is 2. The van der Waals surface area contributed by atoms with E-state index >= 15 is 0 Å². The summed E-state index contributed by atoms with van der Waals surface area (Å²) in [5, 5.41) is 5.01. The van der Waals surface area contributed by atoms with Crippen LogP contribution in [0.5, 0.6) is 0 Å². The highest BCUT2D eigenvalue weighted by molar-refractivity contribution is 6.09. The van der Waals surface area contributed by atoms with E-state index in [0.717, 1.165) is 21.8 Å². The van der Waals surface area contributed by atoms with Gasteiger partial charge in [-0.05, 0) is 32.4 Å². The summed E-state index contributed by atoms with van der Waals surface area (Å²) in [6.07, 6.45) is 2.44. The van der Waals surface area contributed by atoms with E-state index in [9.17, 15) is 4.79 Å². The number of hydrogen-bond acceptors (Lipinski definition) is 4. The van der Waals surface area contributed by atoms with E-state index in [0.29, 0.717) is 25.3 Å². The number of pyridine rings is 1.